The van der Waals surface area contributed by atoms with Crippen molar-refractivity contribution in [2.24, 2.45) is 0 Å². The molecule has 0 N–H and O–H groups in total. The van der Waals surface area contributed by atoms with Gasteiger partial charge in [0.25, 0.3) is 5.78 Å². The van der Waals surface area contributed by atoms with Gasteiger partial charge < -0.3 is 0 Å². The molecule has 0 aliphatic rings. The number of hydrogen-bond donors (Lipinski definition) is 0. The summed E-state index contributed by atoms with van der Waals surface area (Å²) < 4.78 is 16.7. The van der Waals surface area contributed by atoms with Crippen LogP contribution in [0.5, 0.6) is 0 Å². The average Bonchev–Trinajstić information content (AvgIpc) is 3.46. The van der Waals surface area contributed by atoms with Crippen molar-refractivity contribution < 1.29 is 4.39 Å². The Kier molecular flexibility index (Phi) is 4.10. The largest absolute Gasteiger partial charge is 0.352 e. The van der Waals surface area contributed by atoms with E-state index in [1.54, 1.807) is 18.2 Å². The van der Waals surface area contributed by atoms with Gasteiger partial charge in [-0.15, -0.1) is 38.0 Å². The maximum atomic E-state index is 14.0. The summed E-state index contributed by atoms with van der Waals surface area (Å²) in [5.74, 6) is -0.194. The number of hydrogen-bond acceptors (Lipinski definition) is 6. The third kappa shape index (κ3) is 2.76. The first-order valence-electron chi connectivity index (χ1n) is 8.40. The molecule has 6 nitrogen and oxygen atoms in total. The molecule has 0 unspecified atom stereocenters. The lowest BCUT2D eigenvalue weighted by Crippen LogP contribution is -2.23. The monoisotopic (exact) mass is 409 g/mol. The van der Waals surface area contributed by atoms with Crippen LogP contribution in [-0.4, -0.2) is 24.4 Å². The summed E-state index contributed by atoms with van der Waals surface area (Å²) in [6.45, 7) is 0.0209. The number of halogens is 1. The normalized spacial score (nSPS) is 11.3. The first-order valence-corrected chi connectivity index (χ1v) is 10.2. The number of rotatable bonds is 4. The van der Waals surface area contributed by atoms with Crippen LogP contribution in [-0.2, 0) is 6.54 Å². The van der Waals surface area contributed by atoms with Crippen LogP contribution in [0.2, 0.25) is 0 Å². The standard InChI is InChI=1S/C19H12FN5OS2/c20-13-6-2-1-5-12(13)11-24-19(26)25-17(15-8-4-10-28-15)16(14-7-3-9-27-14)21-22-18(25)23-24/h1-10H,11H2. The molecular weight excluding hydrogens is 397 g/mol. The third-order valence-electron chi connectivity index (χ3n) is 4.30. The molecule has 0 bridgehead atoms. The van der Waals surface area contributed by atoms with E-state index in [0.717, 1.165) is 9.75 Å². The van der Waals surface area contributed by atoms with Crippen LogP contribution < -0.4 is 5.69 Å². The fourth-order valence-corrected chi connectivity index (χ4v) is 4.49. The van der Waals surface area contributed by atoms with Crippen molar-refractivity contribution in [3.63, 3.8) is 0 Å². The Hall–Kier alpha value is -3.17. The van der Waals surface area contributed by atoms with Gasteiger partial charge in [-0.05, 0) is 29.0 Å². The molecule has 138 valence electrons. The molecular formula is C19H12FN5OS2. The highest BCUT2D eigenvalue weighted by molar-refractivity contribution is 7.14. The number of fused-ring (bicyclic) bond motifs is 1. The first kappa shape index (κ1) is 17.0. The predicted molar refractivity (Wildman–Crippen MR) is 107 cm³/mol. The molecule has 5 rings (SSSR count). The second-order valence-corrected chi connectivity index (χ2v) is 7.91. The van der Waals surface area contributed by atoms with Crippen molar-refractivity contribution in [2.75, 3.05) is 0 Å². The van der Waals surface area contributed by atoms with Gasteiger partial charge in [-0.2, -0.15) is 0 Å². The molecule has 9 heteroatoms. The molecule has 0 radical (unpaired) electrons. The van der Waals surface area contributed by atoms with Crippen molar-refractivity contribution >= 4 is 28.5 Å². The van der Waals surface area contributed by atoms with Gasteiger partial charge in [0, 0.05) is 5.56 Å². The Morgan fingerprint density at radius 3 is 2.39 bits per heavy atom. The minimum Gasteiger partial charge on any atom is -0.245 e. The van der Waals surface area contributed by atoms with Crippen molar-refractivity contribution in [3.8, 4) is 21.1 Å². The van der Waals surface area contributed by atoms with Crippen molar-refractivity contribution in [1.29, 1.82) is 0 Å². The average molecular weight is 409 g/mol. The molecule has 1 aromatic carbocycles. The zero-order valence-corrected chi connectivity index (χ0v) is 16.0. The minimum absolute atomic E-state index is 0.0209. The van der Waals surface area contributed by atoms with Gasteiger partial charge >= 0.3 is 5.69 Å². The summed E-state index contributed by atoms with van der Waals surface area (Å²) in [6, 6.07) is 14.0. The predicted octanol–water partition coefficient (Wildman–Crippen LogP) is 3.93. The molecule has 0 spiro atoms. The highest BCUT2D eigenvalue weighted by Gasteiger charge is 2.21. The van der Waals surface area contributed by atoms with E-state index in [4.69, 9.17) is 0 Å². The van der Waals surface area contributed by atoms with Crippen LogP contribution in [0.3, 0.4) is 0 Å². The Morgan fingerprint density at radius 1 is 0.929 bits per heavy atom. The van der Waals surface area contributed by atoms with Crippen molar-refractivity contribution in [2.45, 2.75) is 6.54 Å². The Balaban J connectivity index is 1.76. The lowest BCUT2D eigenvalue weighted by atomic mass is 10.2. The van der Waals surface area contributed by atoms with Gasteiger partial charge in [0.1, 0.15) is 17.2 Å². The summed E-state index contributed by atoms with van der Waals surface area (Å²) >= 11 is 3.03. The molecule has 4 aromatic heterocycles. The van der Waals surface area contributed by atoms with Crippen molar-refractivity contribution in [3.05, 3.63) is 81.2 Å². The SMILES string of the molecule is O=c1n(Cc2ccccc2F)nc2nnc(-c3cccs3)c(-c3cccs3)n12. The molecule has 0 fully saturated rings. The smallest absolute Gasteiger partial charge is 0.245 e. The summed E-state index contributed by atoms with van der Waals surface area (Å²) in [5.41, 5.74) is 1.27. The number of benzene rings is 1. The zero-order chi connectivity index (χ0) is 19.1. The van der Waals surface area contributed by atoms with Gasteiger partial charge in [0.2, 0.25) is 0 Å². The fraction of sp³-hybridized carbons (Fsp3) is 0.0526. The molecule has 0 aliphatic carbocycles. The quantitative estimate of drug-likeness (QED) is 0.451. The number of thiophene rings is 2. The maximum absolute atomic E-state index is 14.0. The highest BCUT2D eigenvalue weighted by atomic mass is 32.1. The van der Waals surface area contributed by atoms with Gasteiger partial charge in [0.05, 0.1) is 16.3 Å². The summed E-state index contributed by atoms with van der Waals surface area (Å²) in [4.78, 5) is 15.0. The van der Waals surface area contributed by atoms with E-state index in [0.29, 0.717) is 17.0 Å². The second kappa shape index (κ2) is 6.77. The van der Waals surface area contributed by atoms with Gasteiger partial charge in [-0.3, -0.25) is 0 Å². The molecule has 5 aromatic rings. The molecule has 0 saturated heterocycles. The molecule has 0 saturated carbocycles. The van der Waals surface area contributed by atoms with Gasteiger partial charge in [-0.25, -0.2) is 18.3 Å². The van der Waals surface area contributed by atoms with E-state index in [2.05, 4.69) is 15.3 Å². The zero-order valence-electron chi connectivity index (χ0n) is 14.3. The van der Waals surface area contributed by atoms with E-state index in [1.807, 2.05) is 35.0 Å². The second-order valence-electron chi connectivity index (χ2n) is 6.02. The molecule has 4 heterocycles. The van der Waals surface area contributed by atoms with E-state index >= 15 is 0 Å². The highest BCUT2D eigenvalue weighted by Crippen LogP contribution is 2.34. The van der Waals surface area contributed by atoms with Crippen LogP contribution in [0.15, 0.2) is 64.1 Å². The van der Waals surface area contributed by atoms with Crippen LogP contribution in [0.4, 0.5) is 4.39 Å². The minimum atomic E-state index is -0.380. The Morgan fingerprint density at radius 2 is 1.68 bits per heavy atom. The van der Waals surface area contributed by atoms with Gasteiger partial charge in [-0.1, -0.05) is 30.3 Å². The third-order valence-corrected chi connectivity index (χ3v) is 6.05. The molecule has 28 heavy (non-hydrogen) atoms. The van der Waals surface area contributed by atoms with E-state index < -0.39 is 0 Å². The molecule has 0 amide bonds. The van der Waals surface area contributed by atoms with Crippen molar-refractivity contribution in [1.82, 2.24) is 24.4 Å². The topological polar surface area (TPSA) is 65.1 Å². The fourth-order valence-electron chi connectivity index (χ4n) is 3.02. The first-order chi connectivity index (χ1) is 13.7. The van der Waals surface area contributed by atoms with E-state index in [1.165, 1.54) is 37.8 Å². The van der Waals surface area contributed by atoms with Crippen LogP contribution in [0, 0.1) is 5.82 Å². The summed E-state index contributed by atoms with van der Waals surface area (Å²) in [5, 5.41) is 16.7. The van der Waals surface area contributed by atoms with Crippen LogP contribution in [0.1, 0.15) is 5.56 Å². The number of aromatic nitrogens is 5. The summed E-state index contributed by atoms with van der Waals surface area (Å²) in [7, 11) is 0. The Labute approximate surface area is 166 Å². The van der Waals surface area contributed by atoms with Crippen LogP contribution in [0.25, 0.3) is 26.9 Å². The molecule has 0 atom stereocenters. The maximum Gasteiger partial charge on any atom is 0.352 e. The lowest BCUT2D eigenvalue weighted by molar-refractivity contribution is 0.578. The summed E-state index contributed by atoms with van der Waals surface area (Å²) in [6.07, 6.45) is 0. The van der Waals surface area contributed by atoms with Gasteiger partial charge in [0.15, 0.2) is 0 Å². The van der Waals surface area contributed by atoms with E-state index in [-0.39, 0.29) is 23.8 Å². The number of nitrogens with zero attached hydrogens (tertiary/aromatic N) is 5. The van der Waals surface area contributed by atoms with E-state index in [9.17, 15) is 9.18 Å². The Bertz CT molecular complexity index is 1320. The lowest BCUT2D eigenvalue weighted by Gasteiger charge is -2.06. The van der Waals surface area contributed by atoms with Crippen LogP contribution >= 0.6 is 22.7 Å². The molecule has 0 aliphatic heterocycles.